The molecule has 0 saturated heterocycles. The first kappa shape index (κ1) is 19.0. The van der Waals surface area contributed by atoms with E-state index in [-0.39, 0.29) is 11.2 Å². The number of benzene rings is 1. The van der Waals surface area contributed by atoms with E-state index in [9.17, 15) is 4.39 Å². The molecule has 5 rings (SSSR count). The lowest BCUT2D eigenvalue weighted by molar-refractivity contribution is 0.618. The molecular formula is C22H23FN6S. The molecule has 1 saturated carbocycles. The van der Waals surface area contributed by atoms with Gasteiger partial charge in [0.15, 0.2) is 5.13 Å². The summed E-state index contributed by atoms with van der Waals surface area (Å²) in [6.45, 7) is 7.00. The van der Waals surface area contributed by atoms with Gasteiger partial charge in [-0.2, -0.15) is 5.10 Å². The maximum Gasteiger partial charge on any atom is 0.188 e. The highest BCUT2D eigenvalue weighted by atomic mass is 32.1. The van der Waals surface area contributed by atoms with E-state index in [1.54, 1.807) is 23.2 Å². The first-order valence-electron chi connectivity index (χ1n) is 10.1. The fourth-order valence-corrected chi connectivity index (χ4v) is 4.23. The van der Waals surface area contributed by atoms with Crippen molar-refractivity contribution < 1.29 is 4.39 Å². The summed E-state index contributed by atoms with van der Waals surface area (Å²) >= 11 is 1.50. The van der Waals surface area contributed by atoms with Crippen LogP contribution in [0.3, 0.4) is 0 Å². The number of rotatable bonds is 6. The molecule has 0 bridgehead atoms. The molecule has 154 valence electrons. The number of imidazole rings is 1. The van der Waals surface area contributed by atoms with Gasteiger partial charge in [-0.1, -0.05) is 13.0 Å². The van der Waals surface area contributed by atoms with Gasteiger partial charge in [-0.05, 0) is 38.8 Å². The molecule has 0 atom stereocenters. The van der Waals surface area contributed by atoms with Gasteiger partial charge in [-0.25, -0.2) is 19.0 Å². The summed E-state index contributed by atoms with van der Waals surface area (Å²) in [4.78, 5) is 8.83. The van der Waals surface area contributed by atoms with E-state index in [0.717, 1.165) is 40.1 Å². The highest BCUT2D eigenvalue weighted by Crippen LogP contribution is 2.47. The summed E-state index contributed by atoms with van der Waals surface area (Å²) in [7, 11) is 0. The molecule has 0 radical (unpaired) electrons. The third kappa shape index (κ3) is 3.41. The van der Waals surface area contributed by atoms with Crippen LogP contribution >= 0.6 is 11.3 Å². The first-order chi connectivity index (χ1) is 14.4. The van der Waals surface area contributed by atoms with Gasteiger partial charge in [0, 0.05) is 35.2 Å². The van der Waals surface area contributed by atoms with E-state index in [2.05, 4.69) is 35.2 Å². The Hall–Kier alpha value is -3.00. The van der Waals surface area contributed by atoms with Crippen molar-refractivity contribution in [3.63, 3.8) is 0 Å². The molecule has 1 aliphatic carbocycles. The van der Waals surface area contributed by atoms with E-state index in [4.69, 9.17) is 5.10 Å². The smallest absolute Gasteiger partial charge is 0.188 e. The zero-order valence-electron chi connectivity index (χ0n) is 17.2. The number of hydrogen-bond acceptors (Lipinski definition) is 5. The number of aryl methyl sites for hydroxylation is 2. The number of nitrogens with one attached hydrogen (secondary N) is 1. The summed E-state index contributed by atoms with van der Waals surface area (Å²) in [5.74, 6) is 0.636. The van der Waals surface area contributed by atoms with Gasteiger partial charge >= 0.3 is 0 Å². The van der Waals surface area contributed by atoms with E-state index in [0.29, 0.717) is 5.69 Å². The molecule has 3 aromatic heterocycles. The van der Waals surface area contributed by atoms with Gasteiger partial charge in [0.1, 0.15) is 11.6 Å². The van der Waals surface area contributed by atoms with Crippen LogP contribution in [0, 0.1) is 12.7 Å². The number of thiazole rings is 1. The molecule has 0 aliphatic heterocycles. The Kier molecular flexibility index (Phi) is 4.47. The van der Waals surface area contributed by atoms with Crippen LogP contribution < -0.4 is 5.32 Å². The highest BCUT2D eigenvalue weighted by Gasteiger charge is 2.41. The largest absolute Gasteiger partial charge is 0.316 e. The van der Waals surface area contributed by atoms with E-state index >= 15 is 0 Å². The van der Waals surface area contributed by atoms with Crippen molar-refractivity contribution in [2.75, 3.05) is 5.32 Å². The van der Waals surface area contributed by atoms with Crippen molar-refractivity contribution in [3.05, 3.63) is 59.4 Å². The van der Waals surface area contributed by atoms with Gasteiger partial charge in [0.05, 0.1) is 29.1 Å². The maximum atomic E-state index is 14.7. The maximum absolute atomic E-state index is 14.7. The minimum absolute atomic E-state index is 0.220. The molecule has 1 aliphatic rings. The van der Waals surface area contributed by atoms with E-state index in [1.807, 2.05) is 23.1 Å². The summed E-state index contributed by atoms with van der Waals surface area (Å²) in [6, 6.07) is 7.28. The lowest BCUT2D eigenvalue weighted by atomic mass is 10.1. The summed E-state index contributed by atoms with van der Waals surface area (Å²) < 4.78 is 18.4. The van der Waals surface area contributed by atoms with Crippen molar-refractivity contribution >= 4 is 22.3 Å². The van der Waals surface area contributed by atoms with E-state index in [1.165, 1.54) is 30.2 Å². The molecule has 6 nitrogen and oxygen atoms in total. The predicted octanol–water partition coefficient (Wildman–Crippen LogP) is 5.45. The second-order valence-electron chi connectivity index (χ2n) is 8.04. The van der Waals surface area contributed by atoms with Crippen LogP contribution in [0.1, 0.15) is 38.1 Å². The average Bonchev–Trinajstić information content (AvgIpc) is 3.12. The van der Waals surface area contributed by atoms with Crippen LogP contribution in [0.2, 0.25) is 0 Å². The average molecular weight is 423 g/mol. The van der Waals surface area contributed by atoms with Crippen LogP contribution in [0.4, 0.5) is 15.3 Å². The van der Waals surface area contributed by atoms with E-state index < -0.39 is 0 Å². The Morgan fingerprint density at radius 1 is 1.27 bits per heavy atom. The van der Waals surface area contributed by atoms with Crippen molar-refractivity contribution in [1.82, 2.24) is 24.3 Å². The normalized spacial score (nSPS) is 14.8. The van der Waals surface area contributed by atoms with Crippen molar-refractivity contribution in [3.8, 4) is 16.9 Å². The Balaban J connectivity index is 1.38. The van der Waals surface area contributed by atoms with Crippen LogP contribution in [0.15, 0.2) is 42.2 Å². The lowest BCUT2D eigenvalue weighted by Crippen LogP contribution is -2.05. The van der Waals surface area contributed by atoms with Crippen LogP contribution in [0.5, 0.6) is 0 Å². The van der Waals surface area contributed by atoms with Gasteiger partial charge in [-0.15, -0.1) is 11.3 Å². The SMILES string of the molecule is CCn1nc(C2(C)CC2)cc1Nc1nc(-c2ccc(-n3cnc(C)c3)c(F)c2)cs1. The molecule has 1 aromatic carbocycles. The number of halogens is 1. The molecule has 1 N–H and O–H groups in total. The molecule has 0 unspecified atom stereocenters. The minimum Gasteiger partial charge on any atom is -0.316 e. The van der Waals surface area contributed by atoms with Gasteiger partial charge < -0.3 is 9.88 Å². The zero-order valence-corrected chi connectivity index (χ0v) is 18.0. The van der Waals surface area contributed by atoms with Crippen LogP contribution in [-0.2, 0) is 12.0 Å². The highest BCUT2D eigenvalue weighted by molar-refractivity contribution is 7.14. The van der Waals surface area contributed by atoms with Crippen molar-refractivity contribution in [2.45, 2.75) is 45.6 Å². The minimum atomic E-state index is -0.307. The molecule has 0 amide bonds. The Labute approximate surface area is 178 Å². The fraction of sp³-hybridized carbons (Fsp3) is 0.318. The van der Waals surface area contributed by atoms with Gasteiger partial charge in [-0.3, -0.25) is 0 Å². The van der Waals surface area contributed by atoms with Crippen LogP contribution in [-0.4, -0.2) is 24.3 Å². The molecule has 8 heteroatoms. The molecule has 1 fully saturated rings. The standard InChI is InChI=1S/C22H23FN6S/c1-4-29-20(10-19(27-29)22(3)7-8-22)26-21-25-17(12-30-21)15-5-6-18(16(23)9-15)28-11-14(2)24-13-28/h5-6,9-13H,4,7-8H2,1-3H3,(H,25,26). The Morgan fingerprint density at radius 3 is 2.77 bits per heavy atom. The van der Waals surface area contributed by atoms with Gasteiger partial charge in [0.25, 0.3) is 0 Å². The number of hydrogen-bond donors (Lipinski definition) is 1. The molecule has 0 spiro atoms. The second kappa shape index (κ2) is 7.05. The molecule has 4 aromatic rings. The Bertz CT molecular complexity index is 1220. The third-order valence-electron chi connectivity index (χ3n) is 5.67. The van der Waals surface area contributed by atoms with Crippen LogP contribution in [0.25, 0.3) is 16.9 Å². The Morgan fingerprint density at radius 2 is 2.10 bits per heavy atom. The topological polar surface area (TPSA) is 60.6 Å². The number of anilines is 2. The summed E-state index contributed by atoms with van der Waals surface area (Å²) in [6.07, 6.45) is 5.80. The molecule has 3 heterocycles. The number of aromatic nitrogens is 5. The molecule has 30 heavy (non-hydrogen) atoms. The summed E-state index contributed by atoms with van der Waals surface area (Å²) in [5.41, 5.74) is 4.16. The van der Waals surface area contributed by atoms with Gasteiger partial charge in [0.2, 0.25) is 0 Å². The monoisotopic (exact) mass is 422 g/mol. The predicted molar refractivity (Wildman–Crippen MR) is 117 cm³/mol. The number of nitrogens with zero attached hydrogens (tertiary/aromatic N) is 5. The summed E-state index contributed by atoms with van der Waals surface area (Å²) in [5, 5.41) is 10.8. The first-order valence-corrected chi connectivity index (χ1v) is 10.9. The quantitative estimate of drug-likeness (QED) is 0.449. The molecular weight excluding hydrogens is 399 g/mol. The third-order valence-corrected chi connectivity index (χ3v) is 6.43. The second-order valence-corrected chi connectivity index (χ2v) is 8.90. The zero-order chi connectivity index (χ0) is 20.9. The fourth-order valence-electron chi connectivity index (χ4n) is 3.50. The lowest BCUT2D eigenvalue weighted by Gasteiger charge is -2.06. The van der Waals surface area contributed by atoms with Crippen molar-refractivity contribution in [2.24, 2.45) is 0 Å². The van der Waals surface area contributed by atoms with Crippen molar-refractivity contribution in [1.29, 1.82) is 0 Å².